The van der Waals surface area contributed by atoms with E-state index < -0.39 is 0 Å². The number of carbonyl (C=O) groups is 1. The van der Waals surface area contributed by atoms with Crippen LogP contribution in [0.3, 0.4) is 0 Å². The second-order valence-corrected chi connectivity index (χ2v) is 8.41. The molecule has 2 heterocycles. The highest BCUT2D eigenvalue weighted by Crippen LogP contribution is 2.41. The smallest absolute Gasteiger partial charge is 0.237 e. The Labute approximate surface area is 163 Å². The maximum atomic E-state index is 12.6. The Morgan fingerprint density at radius 1 is 1.22 bits per heavy atom. The first-order valence-corrected chi connectivity index (χ1v) is 10.3. The summed E-state index contributed by atoms with van der Waals surface area (Å²) in [7, 11) is 0. The summed E-state index contributed by atoms with van der Waals surface area (Å²) in [5.74, 6) is 0.886. The average Bonchev–Trinajstić information content (AvgIpc) is 3.44. The van der Waals surface area contributed by atoms with Gasteiger partial charge < -0.3 is 15.0 Å². The van der Waals surface area contributed by atoms with Crippen molar-refractivity contribution in [3.8, 4) is 0 Å². The van der Waals surface area contributed by atoms with Gasteiger partial charge >= 0.3 is 0 Å². The third-order valence-electron chi connectivity index (χ3n) is 4.82. The lowest BCUT2D eigenvalue weighted by Gasteiger charge is -2.28. The zero-order valence-electron chi connectivity index (χ0n) is 15.7. The number of nitrogens with zero attached hydrogens (tertiary/aromatic N) is 4. The minimum Gasteiger partial charge on any atom is -0.378 e. The van der Waals surface area contributed by atoms with Gasteiger partial charge in [-0.2, -0.15) is 0 Å². The second-order valence-electron chi connectivity index (χ2n) is 7.10. The maximum absolute atomic E-state index is 12.6. The van der Waals surface area contributed by atoms with Gasteiger partial charge in [-0.15, -0.1) is 10.2 Å². The molecule has 8 heteroatoms. The van der Waals surface area contributed by atoms with Crippen LogP contribution >= 0.6 is 11.8 Å². The predicted octanol–water partition coefficient (Wildman–Crippen LogP) is 2.88. The molecule has 0 spiro atoms. The quantitative estimate of drug-likeness (QED) is 0.769. The molecule has 0 bridgehead atoms. The normalized spacial score (nSPS) is 18.4. The Morgan fingerprint density at radius 3 is 2.59 bits per heavy atom. The molecule has 1 aliphatic heterocycles. The molecule has 27 heavy (non-hydrogen) atoms. The molecule has 0 radical (unpaired) electrons. The van der Waals surface area contributed by atoms with Crippen molar-refractivity contribution in [1.82, 2.24) is 14.8 Å². The SMILES string of the molecule is Cc1ccc(NC(=O)[C@@H](C)Sc2nnc(N3CCOCC3)n2C2CC2)cc1. The number of hydrogen-bond acceptors (Lipinski definition) is 6. The van der Waals surface area contributed by atoms with E-state index in [0.29, 0.717) is 6.04 Å². The van der Waals surface area contributed by atoms with Crippen LogP contribution < -0.4 is 10.2 Å². The van der Waals surface area contributed by atoms with Crippen LogP contribution in [0.2, 0.25) is 0 Å². The molecule has 1 amide bonds. The van der Waals surface area contributed by atoms with E-state index in [1.807, 2.05) is 38.1 Å². The summed E-state index contributed by atoms with van der Waals surface area (Å²) in [6.45, 7) is 7.04. The van der Waals surface area contributed by atoms with Gasteiger partial charge in [-0.3, -0.25) is 9.36 Å². The fourth-order valence-corrected chi connectivity index (χ4v) is 3.99. The van der Waals surface area contributed by atoms with Crippen LogP contribution in [0.5, 0.6) is 0 Å². The van der Waals surface area contributed by atoms with E-state index >= 15 is 0 Å². The van der Waals surface area contributed by atoms with Gasteiger partial charge in [-0.05, 0) is 38.8 Å². The third-order valence-corrected chi connectivity index (χ3v) is 5.88. The molecule has 2 aromatic rings. The Morgan fingerprint density at radius 2 is 1.93 bits per heavy atom. The molecule has 144 valence electrons. The van der Waals surface area contributed by atoms with Gasteiger partial charge in [0.25, 0.3) is 0 Å². The molecule has 1 atom stereocenters. The molecular weight excluding hydrogens is 362 g/mol. The molecule has 1 aromatic heterocycles. The van der Waals surface area contributed by atoms with Crippen molar-refractivity contribution in [2.45, 2.75) is 43.1 Å². The van der Waals surface area contributed by atoms with Crippen LogP contribution in [0.1, 0.15) is 31.4 Å². The molecule has 1 N–H and O–H groups in total. The lowest BCUT2D eigenvalue weighted by atomic mass is 10.2. The van der Waals surface area contributed by atoms with E-state index in [9.17, 15) is 4.79 Å². The zero-order chi connectivity index (χ0) is 18.8. The number of carbonyl (C=O) groups excluding carboxylic acids is 1. The van der Waals surface area contributed by atoms with Crippen LogP contribution in [0.25, 0.3) is 0 Å². The van der Waals surface area contributed by atoms with E-state index in [4.69, 9.17) is 4.74 Å². The molecule has 2 fully saturated rings. The van der Waals surface area contributed by atoms with Crippen molar-refractivity contribution in [3.05, 3.63) is 29.8 Å². The van der Waals surface area contributed by atoms with Gasteiger partial charge in [-0.25, -0.2) is 0 Å². The van der Waals surface area contributed by atoms with Crippen molar-refractivity contribution >= 4 is 29.3 Å². The minimum absolute atomic E-state index is 0.0258. The molecule has 2 aliphatic rings. The lowest BCUT2D eigenvalue weighted by Crippen LogP contribution is -2.38. The highest BCUT2D eigenvalue weighted by Gasteiger charge is 2.33. The molecule has 0 unspecified atom stereocenters. The number of benzene rings is 1. The van der Waals surface area contributed by atoms with Gasteiger partial charge in [0.2, 0.25) is 11.9 Å². The average molecular weight is 388 g/mol. The number of aromatic nitrogens is 3. The Balaban J connectivity index is 1.45. The van der Waals surface area contributed by atoms with E-state index in [2.05, 4.69) is 25.0 Å². The largest absolute Gasteiger partial charge is 0.378 e. The van der Waals surface area contributed by atoms with Crippen LogP contribution in [0, 0.1) is 6.92 Å². The molecule has 1 saturated carbocycles. The first kappa shape index (κ1) is 18.3. The predicted molar refractivity (Wildman–Crippen MR) is 106 cm³/mol. The number of morpholine rings is 1. The molecule has 1 aliphatic carbocycles. The van der Waals surface area contributed by atoms with Crippen LogP contribution in [-0.4, -0.2) is 52.2 Å². The number of nitrogens with one attached hydrogen (secondary N) is 1. The molecular formula is C19H25N5O2S. The summed E-state index contributed by atoms with van der Waals surface area (Å²) < 4.78 is 7.66. The summed E-state index contributed by atoms with van der Waals surface area (Å²) >= 11 is 1.47. The number of amides is 1. The summed E-state index contributed by atoms with van der Waals surface area (Å²) in [6.07, 6.45) is 2.29. The topological polar surface area (TPSA) is 72.3 Å². The number of anilines is 2. The number of hydrogen-bond donors (Lipinski definition) is 1. The first-order chi connectivity index (χ1) is 13.1. The summed E-state index contributed by atoms with van der Waals surface area (Å²) in [5, 5.41) is 12.4. The number of ether oxygens (including phenoxy) is 1. The van der Waals surface area contributed by atoms with Gasteiger partial charge in [0.15, 0.2) is 5.16 Å². The second kappa shape index (κ2) is 7.90. The lowest BCUT2D eigenvalue weighted by molar-refractivity contribution is -0.115. The molecule has 1 saturated heterocycles. The van der Waals surface area contributed by atoms with Crippen LogP contribution in [-0.2, 0) is 9.53 Å². The molecule has 4 rings (SSSR count). The zero-order valence-corrected chi connectivity index (χ0v) is 16.5. The summed E-state index contributed by atoms with van der Waals surface area (Å²) in [4.78, 5) is 14.8. The Bertz CT molecular complexity index is 797. The number of aryl methyl sites for hydroxylation is 1. The van der Waals surface area contributed by atoms with Gasteiger partial charge in [0, 0.05) is 24.8 Å². The van der Waals surface area contributed by atoms with E-state index in [0.717, 1.165) is 55.9 Å². The van der Waals surface area contributed by atoms with Crippen LogP contribution in [0.15, 0.2) is 29.4 Å². The monoisotopic (exact) mass is 387 g/mol. The Kier molecular flexibility index (Phi) is 5.36. The van der Waals surface area contributed by atoms with Crippen molar-refractivity contribution in [2.75, 3.05) is 36.5 Å². The van der Waals surface area contributed by atoms with E-state index in [1.54, 1.807) is 0 Å². The summed E-state index contributed by atoms with van der Waals surface area (Å²) in [5.41, 5.74) is 1.99. The highest BCUT2D eigenvalue weighted by molar-refractivity contribution is 8.00. The van der Waals surface area contributed by atoms with E-state index in [1.165, 1.54) is 17.3 Å². The fourth-order valence-electron chi connectivity index (χ4n) is 3.07. The summed E-state index contributed by atoms with van der Waals surface area (Å²) in [6, 6.07) is 8.28. The van der Waals surface area contributed by atoms with Crippen molar-refractivity contribution in [2.24, 2.45) is 0 Å². The van der Waals surface area contributed by atoms with Gasteiger partial charge in [0.1, 0.15) is 0 Å². The number of rotatable bonds is 6. The van der Waals surface area contributed by atoms with E-state index in [-0.39, 0.29) is 11.2 Å². The minimum atomic E-state index is -0.259. The van der Waals surface area contributed by atoms with Gasteiger partial charge in [-0.1, -0.05) is 29.5 Å². The fraction of sp³-hybridized carbons (Fsp3) is 0.526. The standard InChI is InChI=1S/C19H25N5O2S/c1-13-3-5-15(6-4-13)20-17(25)14(2)27-19-22-21-18(24(19)16-7-8-16)23-9-11-26-12-10-23/h3-6,14,16H,7-12H2,1-2H3,(H,20,25)/t14-/m1/s1. The molecule has 7 nitrogen and oxygen atoms in total. The number of thioether (sulfide) groups is 1. The van der Waals surface area contributed by atoms with Crippen molar-refractivity contribution < 1.29 is 9.53 Å². The third kappa shape index (κ3) is 4.27. The van der Waals surface area contributed by atoms with Crippen LogP contribution in [0.4, 0.5) is 11.6 Å². The maximum Gasteiger partial charge on any atom is 0.237 e. The first-order valence-electron chi connectivity index (χ1n) is 9.43. The van der Waals surface area contributed by atoms with Crippen molar-refractivity contribution in [1.29, 1.82) is 0 Å². The highest BCUT2D eigenvalue weighted by atomic mass is 32.2. The van der Waals surface area contributed by atoms with Crippen molar-refractivity contribution in [3.63, 3.8) is 0 Å². The Hall–Kier alpha value is -2.06. The molecule has 1 aromatic carbocycles. The van der Waals surface area contributed by atoms with Gasteiger partial charge in [0.05, 0.1) is 18.5 Å².